The Bertz CT molecular complexity index is 995. The molecule has 0 aliphatic rings. The number of rotatable bonds is 7. The number of likely N-dealkylation sites (N-methyl/N-ethyl adjacent to an activating group) is 1. The van der Waals surface area contributed by atoms with Gasteiger partial charge >= 0.3 is 0 Å². The summed E-state index contributed by atoms with van der Waals surface area (Å²) in [5, 5.41) is 3.12. The zero-order chi connectivity index (χ0) is 19.4. The van der Waals surface area contributed by atoms with Crippen LogP contribution < -0.4 is 5.56 Å². The molecule has 0 spiro atoms. The zero-order valence-electron chi connectivity index (χ0n) is 15.4. The molecule has 27 heavy (non-hydrogen) atoms. The van der Waals surface area contributed by atoms with E-state index in [1.807, 2.05) is 24.4 Å². The number of halogens is 1. The number of unbranched alkanes of at least 4 members (excludes halogenated alkanes) is 1. The number of aromatic nitrogens is 2. The third-order valence-corrected chi connectivity index (χ3v) is 5.68. The van der Waals surface area contributed by atoms with Gasteiger partial charge in [0.05, 0.1) is 11.7 Å². The molecule has 1 amide bonds. The lowest BCUT2D eigenvalue weighted by atomic mass is 10.1. The molecule has 0 saturated carbocycles. The molecule has 0 atom stereocenters. The number of thiophene rings is 1. The second-order valence-corrected chi connectivity index (χ2v) is 7.64. The summed E-state index contributed by atoms with van der Waals surface area (Å²) in [4.78, 5) is 32.5. The van der Waals surface area contributed by atoms with Crippen LogP contribution in [0.2, 0.25) is 5.02 Å². The lowest BCUT2D eigenvalue weighted by molar-refractivity contribution is -0.131. The van der Waals surface area contributed by atoms with Gasteiger partial charge in [0.25, 0.3) is 5.56 Å². The first kappa shape index (κ1) is 19.6. The summed E-state index contributed by atoms with van der Waals surface area (Å²) in [6, 6.07) is 7.36. The van der Waals surface area contributed by atoms with E-state index in [9.17, 15) is 9.59 Å². The molecule has 142 valence electrons. The highest BCUT2D eigenvalue weighted by molar-refractivity contribution is 7.17. The molecule has 0 fully saturated rings. The van der Waals surface area contributed by atoms with Crippen LogP contribution in [0.1, 0.15) is 26.7 Å². The van der Waals surface area contributed by atoms with E-state index in [1.54, 1.807) is 17.0 Å². The Morgan fingerprint density at radius 2 is 2.00 bits per heavy atom. The van der Waals surface area contributed by atoms with Crippen molar-refractivity contribution in [2.75, 3.05) is 13.1 Å². The molecule has 1 aromatic carbocycles. The van der Waals surface area contributed by atoms with Gasteiger partial charge in [-0.3, -0.25) is 14.2 Å². The first-order chi connectivity index (χ1) is 13.0. The van der Waals surface area contributed by atoms with E-state index in [0.29, 0.717) is 28.3 Å². The van der Waals surface area contributed by atoms with E-state index in [2.05, 4.69) is 11.9 Å². The molecule has 0 saturated heterocycles. The Kier molecular flexibility index (Phi) is 6.29. The average Bonchev–Trinajstić information content (AvgIpc) is 3.10. The summed E-state index contributed by atoms with van der Waals surface area (Å²) < 4.78 is 1.41. The summed E-state index contributed by atoms with van der Waals surface area (Å²) >= 11 is 7.39. The van der Waals surface area contributed by atoms with Crippen LogP contribution in [0, 0.1) is 0 Å². The maximum absolute atomic E-state index is 13.0. The quantitative estimate of drug-likeness (QED) is 0.586. The standard InChI is InChI=1S/C20H22ClN3O2S/c1-3-5-10-23(4-2)17(25)11-24-13-22-19-18(20(24)26)16(12-27-19)14-6-8-15(21)9-7-14/h6-9,12-13H,3-5,10-11H2,1-2H3. The van der Waals surface area contributed by atoms with Gasteiger partial charge in [-0.2, -0.15) is 0 Å². The highest BCUT2D eigenvalue weighted by Gasteiger charge is 2.17. The highest BCUT2D eigenvalue weighted by Crippen LogP contribution is 2.31. The first-order valence-electron chi connectivity index (χ1n) is 9.05. The molecule has 0 radical (unpaired) electrons. The smallest absolute Gasteiger partial charge is 0.263 e. The first-order valence-corrected chi connectivity index (χ1v) is 10.3. The monoisotopic (exact) mass is 403 g/mol. The van der Waals surface area contributed by atoms with Gasteiger partial charge in [0, 0.05) is 29.1 Å². The predicted molar refractivity (Wildman–Crippen MR) is 111 cm³/mol. The predicted octanol–water partition coefficient (Wildman–Crippen LogP) is 4.43. The normalized spacial score (nSPS) is 11.1. The van der Waals surface area contributed by atoms with Crippen molar-refractivity contribution >= 4 is 39.1 Å². The number of carbonyl (C=O) groups is 1. The number of amides is 1. The molecule has 5 nitrogen and oxygen atoms in total. The van der Waals surface area contributed by atoms with Crippen molar-refractivity contribution in [2.45, 2.75) is 33.2 Å². The SMILES string of the molecule is CCCCN(CC)C(=O)Cn1cnc2scc(-c3ccc(Cl)cc3)c2c1=O. The van der Waals surface area contributed by atoms with Crippen molar-refractivity contribution in [1.82, 2.24) is 14.5 Å². The molecule has 3 aromatic rings. The van der Waals surface area contributed by atoms with Gasteiger partial charge in [-0.15, -0.1) is 11.3 Å². The highest BCUT2D eigenvalue weighted by atomic mass is 35.5. The number of nitrogens with zero attached hydrogens (tertiary/aromatic N) is 3. The number of hydrogen-bond donors (Lipinski definition) is 0. The minimum atomic E-state index is -0.189. The van der Waals surface area contributed by atoms with Gasteiger partial charge in [0.2, 0.25) is 5.91 Å². The van der Waals surface area contributed by atoms with Gasteiger partial charge < -0.3 is 4.90 Å². The van der Waals surface area contributed by atoms with Crippen LogP contribution in [-0.2, 0) is 11.3 Å². The van der Waals surface area contributed by atoms with Crippen molar-refractivity contribution in [3.8, 4) is 11.1 Å². The van der Waals surface area contributed by atoms with Crippen LogP contribution in [0.15, 0.2) is 40.8 Å². The molecule has 0 bridgehead atoms. The number of hydrogen-bond acceptors (Lipinski definition) is 4. The zero-order valence-corrected chi connectivity index (χ0v) is 17.0. The Morgan fingerprint density at radius 3 is 2.67 bits per heavy atom. The fourth-order valence-electron chi connectivity index (χ4n) is 2.98. The summed E-state index contributed by atoms with van der Waals surface area (Å²) in [5.41, 5.74) is 1.54. The third-order valence-electron chi connectivity index (χ3n) is 4.54. The van der Waals surface area contributed by atoms with E-state index < -0.39 is 0 Å². The minimum absolute atomic E-state index is 0.00916. The maximum Gasteiger partial charge on any atom is 0.263 e. The van der Waals surface area contributed by atoms with Crippen LogP contribution in [0.3, 0.4) is 0 Å². The van der Waals surface area contributed by atoms with E-state index in [4.69, 9.17) is 11.6 Å². The second kappa shape index (κ2) is 8.67. The van der Waals surface area contributed by atoms with Gasteiger partial charge in [-0.1, -0.05) is 37.1 Å². The maximum atomic E-state index is 13.0. The van der Waals surface area contributed by atoms with Crippen molar-refractivity contribution in [3.63, 3.8) is 0 Å². The lowest BCUT2D eigenvalue weighted by Gasteiger charge is -2.21. The second-order valence-electron chi connectivity index (χ2n) is 6.34. The number of benzene rings is 1. The molecule has 7 heteroatoms. The van der Waals surface area contributed by atoms with Gasteiger partial charge in [0.1, 0.15) is 11.4 Å². The summed E-state index contributed by atoms with van der Waals surface area (Å²) in [6.07, 6.45) is 3.45. The van der Waals surface area contributed by atoms with Gasteiger partial charge in [-0.25, -0.2) is 4.98 Å². The van der Waals surface area contributed by atoms with Crippen molar-refractivity contribution in [3.05, 3.63) is 51.3 Å². The molecule has 0 unspecified atom stereocenters. The van der Waals surface area contributed by atoms with Gasteiger partial charge in [-0.05, 0) is 31.0 Å². The largest absolute Gasteiger partial charge is 0.341 e. The molecule has 3 rings (SSSR count). The van der Waals surface area contributed by atoms with E-state index in [1.165, 1.54) is 22.2 Å². The minimum Gasteiger partial charge on any atom is -0.341 e. The molecule has 2 aromatic heterocycles. The molecule has 0 aliphatic heterocycles. The van der Waals surface area contributed by atoms with Crippen LogP contribution >= 0.6 is 22.9 Å². The molecular weight excluding hydrogens is 382 g/mol. The van der Waals surface area contributed by atoms with Gasteiger partial charge in [0.15, 0.2) is 0 Å². The third kappa shape index (κ3) is 4.22. The fourth-order valence-corrected chi connectivity index (χ4v) is 4.01. The summed E-state index contributed by atoms with van der Waals surface area (Å²) in [6.45, 7) is 5.41. The molecule has 0 N–H and O–H groups in total. The lowest BCUT2D eigenvalue weighted by Crippen LogP contribution is -2.37. The molecule has 0 aliphatic carbocycles. The van der Waals surface area contributed by atoms with E-state index >= 15 is 0 Å². The number of fused-ring (bicyclic) bond motifs is 1. The Labute approximate surface area is 167 Å². The summed E-state index contributed by atoms with van der Waals surface area (Å²) in [5.74, 6) is -0.0579. The van der Waals surface area contributed by atoms with Crippen LogP contribution in [0.25, 0.3) is 21.3 Å². The average molecular weight is 404 g/mol. The van der Waals surface area contributed by atoms with Crippen LogP contribution in [0.5, 0.6) is 0 Å². The molecule has 2 heterocycles. The van der Waals surface area contributed by atoms with Crippen LogP contribution in [-0.4, -0.2) is 33.4 Å². The topological polar surface area (TPSA) is 55.2 Å². The fraction of sp³-hybridized carbons (Fsp3) is 0.350. The van der Waals surface area contributed by atoms with Crippen molar-refractivity contribution < 1.29 is 4.79 Å². The van der Waals surface area contributed by atoms with Crippen molar-refractivity contribution in [1.29, 1.82) is 0 Å². The Hall–Kier alpha value is -2.18. The Balaban J connectivity index is 1.95. The van der Waals surface area contributed by atoms with E-state index in [-0.39, 0.29) is 18.0 Å². The number of carbonyl (C=O) groups excluding carboxylic acids is 1. The van der Waals surface area contributed by atoms with Crippen molar-refractivity contribution in [2.24, 2.45) is 0 Å². The van der Waals surface area contributed by atoms with E-state index in [0.717, 1.165) is 24.0 Å². The Morgan fingerprint density at radius 1 is 1.26 bits per heavy atom. The molecular formula is C20H22ClN3O2S. The van der Waals surface area contributed by atoms with Crippen LogP contribution in [0.4, 0.5) is 0 Å². The summed E-state index contributed by atoms with van der Waals surface area (Å²) in [7, 11) is 0.